The van der Waals surface area contributed by atoms with Gasteiger partial charge >= 0.3 is 6.18 Å². The van der Waals surface area contributed by atoms with Crippen LogP contribution in [0.2, 0.25) is 0 Å². The lowest BCUT2D eigenvalue weighted by Crippen LogP contribution is -2.39. The predicted octanol–water partition coefficient (Wildman–Crippen LogP) is 3.79. The fourth-order valence-corrected chi connectivity index (χ4v) is 3.60. The number of aromatic nitrogens is 3. The number of amides is 1. The molecule has 1 aromatic heterocycles. The maximum absolute atomic E-state index is 13.2. The minimum atomic E-state index is -4.54. The van der Waals surface area contributed by atoms with Gasteiger partial charge in [-0.3, -0.25) is 4.79 Å². The van der Waals surface area contributed by atoms with Gasteiger partial charge in [-0.05, 0) is 35.9 Å². The lowest BCUT2D eigenvalue weighted by Gasteiger charge is -2.34. The number of carbonyl (C=O) groups excluding carboxylic acids is 1. The number of nitrogens with zero attached hydrogens (tertiary/aromatic N) is 3. The third-order valence-electron chi connectivity index (χ3n) is 5.09. The molecule has 166 valence electrons. The number of phenols is 1. The number of alkyl halides is 3. The van der Waals surface area contributed by atoms with Crippen molar-refractivity contribution < 1.29 is 27.8 Å². The van der Waals surface area contributed by atoms with Gasteiger partial charge in [0.15, 0.2) is 11.5 Å². The van der Waals surface area contributed by atoms with E-state index in [9.17, 15) is 23.1 Å². The topological polar surface area (TPSA) is 101 Å². The molecule has 8 nitrogen and oxygen atoms in total. The number of carbonyl (C=O) groups is 1. The summed E-state index contributed by atoms with van der Waals surface area (Å²) < 4.78 is 45.8. The molecule has 11 heteroatoms. The molecule has 0 radical (unpaired) electrons. The van der Waals surface area contributed by atoms with Gasteiger partial charge in [0.25, 0.3) is 0 Å². The van der Waals surface area contributed by atoms with E-state index < -0.39 is 29.6 Å². The van der Waals surface area contributed by atoms with Crippen LogP contribution in [0.4, 0.5) is 24.8 Å². The number of nitrogens with one attached hydrogen (secondary N) is 2. The van der Waals surface area contributed by atoms with Crippen molar-refractivity contribution in [2.24, 2.45) is 5.92 Å². The smallest absolute Gasteiger partial charge is 0.416 e. The Morgan fingerprint density at radius 2 is 2.06 bits per heavy atom. The monoisotopic (exact) mass is 445 g/mol. The molecule has 32 heavy (non-hydrogen) atoms. The van der Waals surface area contributed by atoms with Gasteiger partial charge in [-0.25, -0.2) is 4.68 Å². The van der Waals surface area contributed by atoms with Crippen LogP contribution in [-0.4, -0.2) is 32.9 Å². The molecule has 1 aliphatic heterocycles. The second-order valence-corrected chi connectivity index (χ2v) is 7.10. The van der Waals surface area contributed by atoms with E-state index in [2.05, 4.69) is 27.3 Å². The van der Waals surface area contributed by atoms with E-state index in [0.717, 1.165) is 12.1 Å². The van der Waals surface area contributed by atoms with Crippen LogP contribution in [0.5, 0.6) is 11.5 Å². The first-order chi connectivity index (χ1) is 15.2. The molecule has 0 spiro atoms. The molecule has 1 amide bonds. The van der Waals surface area contributed by atoms with Crippen LogP contribution in [0, 0.1) is 5.92 Å². The predicted molar refractivity (Wildman–Crippen MR) is 109 cm³/mol. The molecule has 0 fully saturated rings. The van der Waals surface area contributed by atoms with Gasteiger partial charge in [-0.15, -0.1) is 0 Å². The zero-order valence-corrected chi connectivity index (χ0v) is 16.7. The molecule has 0 saturated heterocycles. The Hall–Kier alpha value is -4.02. The van der Waals surface area contributed by atoms with Crippen LogP contribution < -0.4 is 15.4 Å². The first-order valence-electron chi connectivity index (χ1n) is 9.39. The molecule has 3 aromatic rings. The summed E-state index contributed by atoms with van der Waals surface area (Å²) in [5.74, 6) is -1.12. The fraction of sp³-hybridized carbons (Fsp3) is 0.190. The van der Waals surface area contributed by atoms with Crippen LogP contribution >= 0.6 is 0 Å². The highest BCUT2D eigenvalue weighted by molar-refractivity contribution is 5.95. The Labute approximate surface area is 180 Å². The quantitative estimate of drug-likeness (QED) is 0.565. The molecule has 0 saturated carbocycles. The third kappa shape index (κ3) is 3.84. The normalized spacial score (nSPS) is 17.9. The van der Waals surface area contributed by atoms with Crippen molar-refractivity contribution in [2.75, 3.05) is 17.7 Å². The Kier molecular flexibility index (Phi) is 5.25. The van der Waals surface area contributed by atoms with E-state index in [1.54, 1.807) is 12.1 Å². The summed E-state index contributed by atoms with van der Waals surface area (Å²) in [6.45, 7) is 3.92. The summed E-state index contributed by atoms with van der Waals surface area (Å²) in [6.07, 6.45) is -3.25. The molecule has 2 heterocycles. The van der Waals surface area contributed by atoms with Crippen LogP contribution in [0.1, 0.15) is 17.2 Å². The van der Waals surface area contributed by atoms with Crippen molar-refractivity contribution in [3.05, 3.63) is 72.2 Å². The first-order valence-corrected chi connectivity index (χ1v) is 9.39. The molecule has 2 aromatic carbocycles. The average Bonchev–Trinajstić information content (AvgIpc) is 3.20. The van der Waals surface area contributed by atoms with E-state index in [0.29, 0.717) is 11.5 Å². The third-order valence-corrected chi connectivity index (χ3v) is 5.09. The first kappa shape index (κ1) is 21.2. The molecular formula is C21H18F3N5O3. The van der Waals surface area contributed by atoms with Gasteiger partial charge in [0.1, 0.15) is 12.2 Å². The van der Waals surface area contributed by atoms with E-state index in [4.69, 9.17) is 4.74 Å². The lowest BCUT2D eigenvalue weighted by molar-refractivity contribution is -0.137. The van der Waals surface area contributed by atoms with E-state index in [1.807, 2.05) is 0 Å². The molecule has 0 aliphatic carbocycles. The maximum atomic E-state index is 13.2. The molecule has 1 aliphatic rings. The number of rotatable bonds is 4. The summed E-state index contributed by atoms with van der Waals surface area (Å²) >= 11 is 0. The van der Waals surface area contributed by atoms with Gasteiger partial charge in [-0.1, -0.05) is 18.7 Å². The highest BCUT2D eigenvalue weighted by atomic mass is 19.4. The zero-order chi connectivity index (χ0) is 23.0. The summed E-state index contributed by atoms with van der Waals surface area (Å²) in [5, 5.41) is 19.6. The van der Waals surface area contributed by atoms with Gasteiger partial charge in [0, 0.05) is 11.4 Å². The number of hydrogen-bond acceptors (Lipinski definition) is 6. The minimum absolute atomic E-state index is 0.0101. The second kappa shape index (κ2) is 7.91. The number of halogens is 3. The van der Waals surface area contributed by atoms with Crippen LogP contribution in [-0.2, 0) is 11.0 Å². The summed E-state index contributed by atoms with van der Waals surface area (Å²) in [4.78, 5) is 17.3. The summed E-state index contributed by atoms with van der Waals surface area (Å²) in [5.41, 5.74) is -0.0522. The van der Waals surface area contributed by atoms with Gasteiger partial charge in [-0.2, -0.15) is 23.3 Å². The molecule has 0 unspecified atom stereocenters. The highest BCUT2D eigenvalue weighted by Crippen LogP contribution is 2.40. The molecule has 4 rings (SSSR count). The van der Waals surface area contributed by atoms with Gasteiger partial charge in [0.2, 0.25) is 11.9 Å². The Bertz CT molecular complexity index is 1190. The number of benzene rings is 2. The average molecular weight is 445 g/mol. The number of anilines is 2. The van der Waals surface area contributed by atoms with Crippen molar-refractivity contribution in [1.82, 2.24) is 14.8 Å². The van der Waals surface area contributed by atoms with Crippen molar-refractivity contribution in [1.29, 1.82) is 0 Å². The maximum Gasteiger partial charge on any atom is 0.416 e. The van der Waals surface area contributed by atoms with Gasteiger partial charge in [0.05, 0.1) is 18.7 Å². The highest BCUT2D eigenvalue weighted by Gasteiger charge is 2.40. The number of aromatic hydroxyl groups is 1. The number of hydrogen-bond donors (Lipinski definition) is 3. The van der Waals surface area contributed by atoms with Crippen molar-refractivity contribution in [3.8, 4) is 11.5 Å². The fourth-order valence-electron chi connectivity index (χ4n) is 3.60. The Morgan fingerprint density at radius 1 is 1.28 bits per heavy atom. The van der Waals surface area contributed by atoms with E-state index in [1.165, 1.54) is 36.3 Å². The van der Waals surface area contributed by atoms with Crippen LogP contribution in [0.15, 0.2) is 61.1 Å². The molecular weight excluding hydrogens is 427 g/mol. The SMILES string of the molecule is C=C1Nc2ncnn2[C@H](c2ccc(O)c(OC)c2)[C@H]1C(=O)Nc1cccc(C(F)(F)F)c1. The number of fused-ring (bicyclic) bond motifs is 1. The summed E-state index contributed by atoms with van der Waals surface area (Å²) in [7, 11) is 1.39. The van der Waals surface area contributed by atoms with Crippen LogP contribution in [0.25, 0.3) is 0 Å². The van der Waals surface area contributed by atoms with Crippen molar-refractivity contribution in [2.45, 2.75) is 12.2 Å². The zero-order valence-electron chi connectivity index (χ0n) is 16.7. The van der Waals surface area contributed by atoms with Crippen molar-refractivity contribution >= 4 is 17.5 Å². The largest absolute Gasteiger partial charge is 0.504 e. The lowest BCUT2D eigenvalue weighted by atomic mass is 9.88. The number of ether oxygens (including phenoxy) is 1. The molecule has 2 atom stereocenters. The standard InChI is InChI=1S/C21H18F3N5O3/c1-11-17(19(31)28-14-5-3-4-13(9-14)21(22,23)24)18(29-20(27-11)25-10-26-29)12-6-7-15(30)16(8-12)32-2/h3-10,17-18,30H,1H2,2H3,(H,28,31)(H,25,26,27)/t17-,18+/m0/s1. The Morgan fingerprint density at radius 3 is 2.78 bits per heavy atom. The number of methoxy groups -OCH3 is 1. The minimum Gasteiger partial charge on any atom is -0.504 e. The summed E-state index contributed by atoms with van der Waals surface area (Å²) in [6, 6.07) is 8.17. The van der Waals surface area contributed by atoms with E-state index in [-0.39, 0.29) is 22.9 Å². The van der Waals surface area contributed by atoms with Crippen LogP contribution in [0.3, 0.4) is 0 Å². The molecule has 3 N–H and O–H groups in total. The molecule has 0 bridgehead atoms. The van der Waals surface area contributed by atoms with Gasteiger partial charge < -0.3 is 20.5 Å². The van der Waals surface area contributed by atoms with E-state index >= 15 is 0 Å². The van der Waals surface area contributed by atoms with Crippen molar-refractivity contribution in [3.63, 3.8) is 0 Å². The number of phenolic OH excluding ortho intramolecular Hbond substituents is 1. The Balaban J connectivity index is 1.73. The second-order valence-electron chi connectivity index (χ2n) is 7.10.